The minimum Gasteiger partial charge on any atom is -0.342 e. The molecule has 3 rings (SSSR count). The highest BCUT2D eigenvalue weighted by atomic mass is 16.1. The van der Waals surface area contributed by atoms with Crippen molar-refractivity contribution < 1.29 is 0 Å². The van der Waals surface area contributed by atoms with Crippen molar-refractivity contribution in [3.05, 3.63) is 47.1 Å². The summed E-state index contributed by atoms with van der Waals surface area (Å²) in [5.74, 6) is 0.501. The fraction of sp³-hybridized carbons (Fsp3) is 0. The van der Waals surface area contributed by atoms with Gasteiger partial charge in [-0.15, -0.1) is 0 Å². The van der Waals surface area contributed by atoms with E-state index in [1.54, 1.807) is 18.6 Å². The first-order valence-electron chi connectivity index (χ1n) is 4.82. The number of imidazole rings is 1. The monoisotopic (exact) mass is 212 g/mol. The number of fused-ring (bicyclic) bond motifs is 1. The molecule has 2 aromatic heterocycles. The molecule has 0 spiro atoms. The lowest BCUT2D eigenvalue weighted by atomic mass is 10.2. The second-order valence-electron chi connectivity index (χ2n) is 3.40. The van der Waals surface area contributed by atoms with Crippen LogP contribution < -0.4 is 5.56 Å². The van der Waals surface area contributed by atoms with E-state index < -0.39 is 0 Å². The number of nitrogens with one attached hydrogen (secondary N) is 2. The Morgan fingerprint density at radius 1 is 1.19 bits per heavy atom. The Kier molecular flexibility index (Phi) is 1.83. The van der Waals surface area contributed by atoms with E-state index in [1.807, 2.05) is 18.2 Å². The molecular weight excluding hydrogens is 204 g/mol. The summed E-state index contributed by atoms with van der Waals surface area (Å²) < 4.78 is 0. The van der Waals surface area contributed by atoms with Gasteiger partial charge in [-0.25, -0.2) is 9.97 Å². The van der Waals surface area contributed by atoms with Crippen LogP contribution in [0.3, 0.4) is 0 Å². The van der Waals surface area contributed by atoms with Crippen LogP contribution >= 0.6 is 0 Å². The molecule has 0 bridgehead atoms. The van der Waals surface area contributed by atoms with Crippen LogP contribution in [0.15, 0.2) is 41.6 Å². The summed E-state index contributed by atoms with van der Waals surface area (Å²) in [7, 11) is 0. The van der Waals surface area contributed by atoms with Crippen molar-refractivity contribution in [2.24, 2.45) is 0 Å². The first-order chi connectivity index (χ1) is 7.84. The summed E-state index contributed by atoms with van der Waals surface area (Å²) in [6.45, 7) is 0. The van der Waals surface area contributed by atoms with Crippen LogP contribution in [0.1, 0.15) is 0 Å². The molecule has 0 atom stereocenters. The van der Waals surface area contributed by atoms with Crippen molar-refractivity contribution in [2.75, 3.05) is 0 Å². The van der Waals surface area contributed by atoms with Crippen molar-refractivity contribution >= 4 is 10.9 Å². The Balaban J connectivity index is 2.34. The van der Waals surface area contributed by atoms with E-state index in [0.717, 1.165) is 0 Å². The zero-order valence-electron chi connectivity index (χ0n) is 8.27. The molecular formula is C11H8N4O. The van der Waals surface area contributed by atoms with Gasteiger partial charge in [-0.3, -0.25) is 4.79 Å². The summed E-state index contributed by atoms with van der Waals surface area (Å²) in [5.41, 5.74) is 1.23. The van der Waals surface area contributed by atoms with E-state index in [-0.39, 0.29) is 5.56 Å². The maximum Gasteiger partial charge on any atom is 0.259 e. The molecule has 0 unspecified atom stereocenters. The number of rotatable bonds is 1. The molecule has 2 heterocycles. The van der Waals surface area contributed by atoms with E-state index >= 15 is 0 Å². The van der Waals surface area contributed by atoms with Crippen molar-refractivity contribution in [3.8, 4) is 11.5 Å². The number of nitrogens with zero attached hydrogens (tertiary/aromatic N) is 2. The maximum atomic E-state index is 11.8. The van der Waals surface area contributed by atoms with E-state index in [4.69, 9.17) is 0 Å². The minimum atomic E-state index is -0.143. The molecule has 0 saturated heterocycles. The highest BCUT2D eigenvalue weighted by Crippen LogP contribution is 2.12. The van der Waals surface area contributed by atoms with E-state index in [1.165, 1.54) is 0 Å². The summed E-state index contributed by atoms with van der Waals surface area (Å²) >= 11 is 0. The summed E-state index contributed by atoms with van der Waals surface area (Å²) in [5, 5.41) is 0.589. The quantitative estimate of drug-likeness (QED) is 0.638. The van der Waals surface area contributed by atoms with Crippen LogP contribution in [0, 0.1) is 0 Å². The molecule has 0 aliphatic heterocycles. The lowest BCUT2D eigenvalue weighted by Crippen LogP contribution is -2.09. The molecule has 0 fully saturated rings. The molecule has 5 nitrogen and oxygen atoms in total. The van der Waals surface area contributed by atoms with Gasteiger partial charge in [0.05, 0.1) is 23.4 Å². The van der Waals surface area contributed by atoms with Crippen LogP contribution in [-0.4, -0.2) is 19.9 Å². The Bertz CT molecular complexity index is 685. The van der Waals surface area contributed by atoms with Gasteiger partial charge in [-0.1, -0.05) is 12.1 Å². The molecule has 5 heteroatoms. The Morgan fingerprint density at radius 3 is 2.88 bits per heavy atom. The number of para-hydroxylation sites is 1. The maximum absolute atomic E-state index is 11.8. The summed E-state index contributed by atoms with van der Waals surface area (Å²) in [4.78, 5) is 25.6. The number of H-pyrrole nitrogens is 2. The Morgan fingerprint density at radius 2 is 2.06 bits per heavy atom. The van der Waals surface area contributed by atoms with Gasteiger partial charge in [0.15, 0.2) is 5.82 Å². The van der Waals surface area contributed by atoms with Crippen LogP contribution in [0.5, 0.6) is 0 Å². The minimum absolute atomic E-state index is 0.143. The predicted octanol–water partition coefficient (Wildman–Crippen LogP) is 1.31. The zero-order valence-corrected chi connectivity index (χ0v) is 8.27. The molecule has 0 radical (unpaired) electrons. The van der Waals surface area contributed by atoms with E-state index in [9.17, 15) is 4.79 Å². The van der Waals surface area contributed by atoms with Gasteiger partial charge in [-0.05, 0) is 12.1 Å². The fourth-order valence-electron chi connectivity index (χ4n) is 1.60. The molecule has 1 aromatic carbocycles. The largest absolute Gasteiger partial charge is 0.342 e. The molecule has 0 aliphatic rings. The number of aromatic amines is 2. The van der Waals surface area contributed by atoms with Gasteiger partial charge in [0.2, 0.25) is 0 Å². The number of hydrogen-bond acceptors (Lipinski definition) is 3. The highest BCUT2D eigenvalue weighted by Gasteiger charge is 2.05. The average Bonchev–Trinajstić information content (AvgIpc) is 2.82. The van der Waals surface area contributed by atoms with Crippen molar-refractivity contribution in [3.63, 3.8) is 0 Å². The first-order valence-corrected chi connectivity index (χ1v) is 4.82. The van der Waals surface area contributed by atoms with Gasteiger partial charge >= 0.3 is 0 Å². The van der Waals surface area contributed by atoms with Crippen molar-refractivity contribution in [1.82, 2.24) is 19.9 Å². The van der Waals surface area contributed by atoms with Crippen molar-refractivity contribution in [2.45, 2.75) is 0 Å². The summed E-state index contributed by atoms with van der Waals surface area (Å²) in [6, 6.07) is 7.23. The lowest BCUT2D eigenvalue weighted by molar-refractivity contribution is 1.16. The molecule has 78 valence electrons. The predicted molar refractivity (Wildman–Crippen MR) is 59.9 cm³/mol. The topological polar surface area (TPSA) is 74.4 Å². The van der Waals surface area contributed by atoms with Gasteiger partial charge < -0.3 is 9.97 Å². The van der Waals surface area contributed by atoms with Gasteiger partial charge in [0, 0.05) is 0 Å². The van der Waals surface area contributed by atoms with Crippen LogP contribution in [0.4, 0.5) is 0 Å². The van der Waals surface area contributed by atoms with Gasteiger partial charge in [0.1, 0.15) is 5.69 Å². The highest BCUT2D eigenvalue weighted by molar-refractivity contribution is 5.78. The number of aromatic nitrogens is 4. The lowest BCUT2D eigenvalue weighted by Gasteiger charge is -1.99. The van der Waals surface area contributed by atoms with E-state index in [2.05, 4.69) is 19.9 Å². The molecule has 0 amide bonds. The second kappa shape index (κ2) is 3.30. The van der Waals surface area contributed by atoms with Crippen LogP contribution in [0.25, 0.3) is 22.4 Å². The van der Waals surface area contributed by atoms with Crippen LogP contribution in [-0.2, 0) is 0 Å². The molecule has 3 aromatic rings. The summed E-state index contributed by atoms with van der Waals surface area (Å²) in [6.07, 6.45) is 3.16. The average molecular weight is 212 g/mol. The van der Waals surface area contributed by atoms with Crippen LogP contribution in [0.2, 0.25) is 0 Å². The smallest absolute Gasteiger partial charge is 0.259 e. The Hall–Kier alpha value is -2.43. The van der Waals surface area contributed by atoms with E-state index in [0.29, 0.717) is 22.4 Å². The second-order valence-corrected chi connectivity index (χ2v) is 3.40. The van der Waals surface area contributed by atoms with Crippen molar-refractivity contribution in [1.29, 1.82) is 0 Å². The molecule has 0 saturated carbocycles. The molecule has 16 heavy (non-hydrogen) atoms. The standard InChI is InChI=1S/C11H8N4O/c16-11-7-3-1-2-4-8(7)14-10(15-11)9-5-12-6-13-9/h1-6H,(H,12,13)(H,14,15,16). The third kappa shape index (κ3) is 1.30. The first kappa shape index (κ1) is 8.84. The normalized spacial score (nSPS) is 10.8. The van der Waals surface area contributed by atoms with Gasteiger partial charge in [-0.2, -0.15) is 0 Å². The molecule has 0 aliphatic carbocycles. The molecule has 2 N–H and O–H groups in total. The third-order valence-electron chi connectivity index (χ3n) is 2.37. The zero-order chi connectivity index (χ0) is 11.0. The number of hydrogen-bond donors (Lipinski definition) is 2. The van der Waals surface area contributed by atoms with Gasteiger partial charge in [0.25, 0.3) is 5.56 Å². The SMILES string of the molecule is O=c1[nH]c(-c2cnc[nH]2)nc2ccccc12. The Labute approximate surface area is 90.2 Å². The fourth-order valence-corrected chi connectivity index (χ4v) is 1.60. The number of benzene rings is 1. The third-order valence-corrected chi connectivity index (χ3v) is 2.37.